The van der Waals surface area contributed by atoms with Crippen LogP contribution in [0.3, 0.4) is 0 Å². The van der Waals surface area contributed by atoms with Crippen LogP contribution in [-0.4, -0.2) is 57.3 Å². The standard InChI is InChI=1S/C6H11NO5/c8-2-1-7-6(12)5(11)4(10)3(2)9/h2-5,8-11H,1H2,(H,7,12)/t2?,3-,4?,5?/m0/s1. The largest absolute Gasteiger partial charge is 0.388 e. The second-order valence-corrected chi connectivity index (χ2v) is 2.74. The molecular weight excluding hydrogens is 166 g/mol. The van der Waals surface area contributed by atoms with Gasteiger partial charge in [-0.1, -0.05) is 0 Å². The Bertz CT molecular complexity index is 185. The molecule has 1 aliphatic heterocycles. The fraction of sp³-hybridized carbons (Fsp3) is 0.833. The molecule has 0 aromatic carbocycles. The summed E-state index contributed by atoms with van der Waals surface area (Å²) in [5, 5.41) is 38.3. The second kappa shape index (κ2) is 3.36. The van der Waals surface area contributed by atoms with Gasteiger partial charge in [0.25, 0.3) is 5.91 Å². The molecule has 6 heteroatoms. The first-order chi connectivity index (χ1) is 5.54. The van der Waals surface area contributed by atoms with Crippen molar-refractivity contribution in [1.82, 2.24) is 5.32 Å². The van der Waals surface area contributed by atoms with Crippen molar-refractivity contribution in [3.63, 3.8) is 0 Å². The molecule has 1 heterocycles. The van der Waals surface area contributed by atoms with Crippen LogP contribution in [0.15, 0.2) is 0 Å². The van der Waals surface area contributed by atoms with E-state index in [0.717, 1.165) is 0 Å². The summed E-state index contributed by atoms with van der Waals surface area (Å²) in [6.45, 7) is -0.172. The number of amides is 1. The van der Waals surface area contributed by atoms with Crippen molar-refractivity contribution in [3.8, 4) is 0 Å². The van der Waals surface area contributed by atoms with Crippen molar-refractivity contribution in [2.24, 2.45) is 0 Å². The normalized spacial score (nSPS) is 43.5. The molecule has 0 radical (unpaired) electrons. The molecule has 5 N–H and O–H groups in total. The van der Waals surface area contributed by atoms with E-state index in [1.807, 2.05) is 0 Å². The summed E-state index contributed by atoms with van der Waals surface area (Å²) in [5.74, 6) is -0.793. The van der Waals surface area contributed by atoms with E-state index < -0.39 is 30.3 Å². The van der Waals surface area contributed by atoms with Crippen LogP contribution in [0.2, 0.25) is 0 Å². The van der Waals surface area contributed by atoms with Crippen molar-refractivity contribution in [1.29, 1.82) is 0 Å². The number of carbonyl (C=O) groups excluding carboxylic acids is 1. The summed E-state index contributed by atoms with van der Waals surface area (Å²) in [7, 11) is 0. The van der Waals surface area contributed by atoms with Gasteiger partial charge < -0.3 is 25.7 Å². The number of hydrogen-bond donors (Lipinski definition) is 5. The summed E-state index contributed by atoms with van der Waals surface area (Å²) in [4.78, 5) is 10.8. The van der Waals surface area contributed by atoms with Gasteiger partial charge in [0.15, 0.2) is 6.10 Å². The third kappa shape index (κ3) is 1.56. The first kappa shape index (κ1) is 9.40. The third-order valence-corrected chi connectivity index (χ3v) is 1.82. The number of hydrogen-bond acceptors (Lipinski definition) is 5. The van der Waals surface area contributed by atoms with E-state index >= 15 is 0 Å². The molecule has 0 bridgehead atoms. The molecule has 3 unspecified atom stereocenters. The quantitative estimate of drug-likeness (QED) is 0.264. The number of β-amino-alcohol motifs (C(OH)–C–C–N with tert-alkyl or cyclic N) is 1. The lowest BCUT2D eigenvalue weighted by atomic mass is 10.1. The smallest absolute Gasteiger partial charge is 0.251 e. The molecule has 12 heavy (non-hydrogen) atoms. The summed E-state index contributed by atoms with van der Waals surface area (Å²) in [5.41, 5.74) is 0. The predicted molar refractivity (Wildman–Crippen MR) is 37.0 cm³/mol. The number of nitrogens with one attached hydrogen (secondary N) is 1. The molecule has 1 rings (SSSR count). The molecule has 4 atom stereocenters. The van der Waals surface area contributed by atoms with Crippen molar-refractivity contribution < 1.29 is 25.2 Å². The highest BCUT2D eigenvalue weighted by Gasteiger charge is 2.37. The molecule has 1 amide bonds. The van der Waals surface area contributed by atoms with Crippen molar-refractivity contribution >= 4 is 5.91 Å². The lowest BCUT2D eigenvalue weighted by Gasteiger charge is -2.19. The zero-order chi connectivity index (χ0) is 9.30. The van der Waals surface area contributed by atoms with Gasteiger partial charge in [0.2, 0.25) is 0 Å². The zero-order valence-electron chi connectivity index (χ0n) is 6.21. The van der Waals surface area contributed by atoms with Gasteiger partial charge in [-0.25, -0.2) is 0 Å². The van der Waals surface area contributed by atoms with Gasteiger partial charge >= 0.3 is 0 Å². The van der Waals surface area contributed by atoms with E-state index in [1.165, 1.54) is 0 Å². The molecule has 0 saturated carbocycles. The lowest BCUT2D eigenvalue weighted by Crippen LogP contribution is -2.45. The number of aliphatic hydroxyl groups excluding tert-OH is 4. The Morgan fingerprint density at radius 3 is 2.33 bits per heavy atom. The molecule has 0 aliphatic carbocycles. The van der Waals surface area contributed by atoms with E-state index in [2.05, 4.69) is 5.32 Å². The van der Waals surface area contributed by atoms with E-state index in [9.17, 15) is 4.79 Å². The van der Waals surface area contributed by atoms with Crippen molar-refractivity contribution in [2.45, 2.75) is 24.4 Å². The van der Waals surface area contributed by atoms with Crippen LogP contribution in [0.4, 0.5) is 0 Å². The van der Waals surface area contributed by atoms with E-state index in [1.54, 1.807) is 0 Å². The molecule has 0 aromatic heterocycles. The monoisotopic (exact) mass is 177 g/mol. The summed E-state index contributed by atoms with van der Waals surface area (Å²) >= 11 is 0. The Morgan fingerprint density at radius 2 is 1.75 bits per heavy atom. The average Bonchev–Trinajstić information content (AvgIpc) is 2.14. The maximum atomic E-state index is 10.8. The first-order valence-corrected chi connectivity index (χ1v) is 3.54. The molecule has 1 fully saturated rings. The first-order valence-electron chi connectivity index (χ1n) is 3.54. The average molecular weight is 177 g/mol. The fourth-order valence-corrected chi connectivity index (χ4v) is 1.000. The van der Waals surface area contributed by atoms with Crippen LogP contribution in [0, 0.1) is 0 Å². The molecule has 0 aromatic rings. The minimum absolute atomic E-state index is 0.172. The number of aliphatic hydroxyl groups is 4. The Balaban J connectivity index is 2.75. The van der Waals surface area contributed by atoms with Crippen molar-refractivity contribution in [2.75, 3.05) is 6.54 Å². The molecule has 1 aliphatic rings. The third-order valence-electron chi connectivity index (χ3n) is 1.82. The van der Waals surface area contributed by atoms with Crippen LogP contribution >= 0.6 is 0 Å². The highest BCUT2D eigenvalue weighted by molar-refractivity contribution is 5.81. The van der Waals surface area contributed by atoms with E-state index in [-0.39, 0.29) is 6.54 Å². The minimum Gasteiger partial charge on any atom is -0.388 e. The van der Waals surface area contributed by atoms with Gasteiger partial charge in [-0.2, -0.15) is 0 Å². The van der Waals surface area contributed by atoms with Gasteiger partial charge in [-0.15, -0.1) is 0 Å². The fourth-order valence-electron chi connectivity index (χ4n) is 1.000. The summed E-state index contributed by atoms with van der Waals surface area (Å²) in [6.07, 6.45) is -6.07. The summed E-state index contributed by atoms with van der Waals surface area (Å²) < 4.78 is 0. The molecule has 1 saturated heterocycles. The Labute approximate surface area is 68.4 Å². The molecule has 6 nitrogen and oxygen atoms in total. The van der Waals surface area contributed by atoms with E-state index in [4.69, 9.17) is 20.4 Å². The highest BCUT2D eigenvalue weighted by Crippen LogP contribution is 2.08. The van der Waals surface area contributed by atoms with Crippen molar-refractivity contribution in [3.05, 3.63) is 0 Å². The van der Waals surface area contributed by atoms with Crippen LogP contribution < -0.4 is 5.32 Å². The van der Waals surface area contributed by atoms with Gasteiger partial charge in [0.1, 0.15) is 12.2 Å². The maximum Gasteiger partial charge on any atom is 0.251 e. The van der Waals surface area contributed by atoms with Gasteiger partial charge in [0.05, 0.1) is 6.10 Å². The molecular formula is C6H11NO5. The Kier molecular flexibility index (Phi) is 2.63. The zero-order valence-corrected chi connectivity index (χ0v) is 6.21. The Hall–Kier alpha value is -0.690. The van der Waals surface area contributed by atoms with Gasteiger partial charge in [-0.05, 0) is 0 Å². The van der Waals surface area contributed by atoms with Gasteiger partial charge in [0, 0.05) is 6.54 Å². The molecule has 70 valence electrons. The predicted octanol–water partition coefficient (Wildman–Crippen LogP) is -3.44. The van der Waals surface area contributed by atoms with Crippen LogP contribution in [0.5, 0.6) is 0 Å². The minimum atomic E-state index is -1.68. The molecule has 0 spiro atoms. The van der Waals surface area contributed by atoms with Crippen LogP contribution in [-0.2, 0) is 4.79 Å². The summed E-state index contributed by atoms with van der Waals surface area (Å²) in [6, 6.07) is 0. The lowest BCUT2D eigenvalue weighted by molar-refractivity contribution is -0.139. The van der Waals surface area contributed by atoms with E-state index in [0.29, 0.717) is 0 Å². The topological polar surface area (TPSA) is 110 Å². The highest BCUT2D eigenvalue weighted by atomic mass is 16.4. The SMILES string of the molecule is O=C1NCC(O)[C@H](O)C(O)C1O. The number of carbonyl (C=O) groups is 1. The van der Waals surface area contributed by atoms with Crippen LogP contribution in [0.1, 0.15) is 0 Å². The second-order valence-electron chi connectivity index (χ2n) is 2.74. The van der Waals surface area contributed by atoms with Gasteiger partial charge in [-0.3, -0.25) is 4.79 Å². The Morgan fingerprint density at radius 1 is 1.17 bits per heavy atom. The van der Waals surface area contributed by atoms with Crippen LogP contribution in [0.25, 0.3) is 0 Å². The number of rotatable bonds is 0. The maximum absolute atomic E-state index is 10.8.